The van der Waals surface area contributed by atoms with Crippen LogP contribution in [0.15, 0.2) is 57.4 Å². The fourth-order valence-corrected chi connectivity index (χ4v) is 3.16. The smallest absolute Gasteiger partial charge is 0.342 e. The predicted molar refractivity (Wildman–Crippen MR) is 110 cm³/mol. The Kier molecular flexibility index (Phi) is 8.57. The van der Waals surface area contributed by atoms with Crippen molar-refractivity contribution < 1.29 is 33.8 Å². The lowest BCUT2D eigenvalue weighted by atomic mass is 10.1. The number of carbonyl (C=O) groups excluding carboxylic acids is 3. The van der Waals surface area contributed by atoms with Crippen LogP contribution in [-0.2, 0) is 14.4 Å². The number of hydrogen-bond donors (Lipinski definition) is 1. The van der Waals surface area contributed by atoms with E-state index in [4.69, 9.17) is 14.6 Å². The molecule has 2 rings (SSSR count). The van der Waals surface area contributed by atoms with Crippen LogP contribution in [0.1, 0.15) is 34.6 Å². The van der Waals surface area contributed by atoms with Crippen LogP contribution in [0.5, 0.6) is 5.75 Å². The summed E-state index contributed by atoms with van der Waals surface area (Å²) in [6, 6.07) is 11.9. The molecule has 0 heterocycles. The summed E-state index contributed by atoms with van der Waals surface area (Å²) in [5.74, 6) is -1.17. The minimum atomic E-state index is -0.600. The van der Waals surface area contributed by atoms with Crippen molar-refractivity contribution in [3.63, 3.8) is 0 Å². The maximum absolute atomic E-state index is 12.3. The van der Waals surface area contributed by atoms with Crippen molar-refractivity contribution in [1.82, 2.24) is 0 Å². The summed E-state index contributed by atoms with van der Waals surface area (Å²) in [4.78, 5) is 41.2. The van der Waals surface area contributed by atoms with Crippen molar-refractivity contribution in [3.8, 4) is 5.75 Å². The fourth-order valence-electron chi connectivity index (χ4n) is 2.31. The highest BCUT2D eigenvalue weighted by Gasteiger charge is 2.15. The molecule has 2 aromatic carbocycles. The lowest BCUT2D eigenvalue weighted by molar-refractivity contribution is -0.140. The minimum absolute atomic E-state index is 0.0685. The number of nitrogens with zero attached hydrogens (tertiary/aromatic N) is 1. The molecule has 0 saturated carbocycles. The molecular weight excluding hydrogens is 410 g/mol. The summed E-state index contributed by atoms with van der Waals surface area (Å²) in [5.41, 5.74) is 0.741. The number of hydrogen-bond acceptors (Lipinski definition) is 9. The number of benzene rings is 2. The highest BCUT2D eigenvalue weighted by molar-refractivity contribution is 7.99. The molecule has 0 radical (unpaired) electrons. The number of aliphatic hydroxyl groups excluding tert-OH is 1. The number of aliphatic hydroxyl groups is 1. The highest BCUT2D eigenvalue weighted by atomic mass is 32.2. The fraction of sp³-hybridized carbons (Fsp3) is 0.238. The molecular formula is C21H21NO7S. The Morgan fingerprint density at radius 3 is 2.30 bits per heavy atom. The Hall–Kier alpha value is -3.17. The second-order valence-corrected chi connectivity index (χ2v) is 7.08. The average Bonchev–Trinajstić information content (AvgIpc) is 2.75. The van der Waals surface area contributed by atoms with E-state index in [-0.39, 0.29) is 30.3 Å². The van der Waals surface area contributed by atoms with Crippen LogP contribution in [0.4, 0.5) is 0 Å². The molecule has 2 aromatic rings. The lowest BCUT2D eigenvalue weighted by Crippen LogP contribution is -2.11. The zero-order valence-corrected chi connectivity index (χ0v) is 17.5. The number of rotatable bonds is 9. The summed E-state index contributed by atoms with van der Waals surface area (Å²) >= 11 is 1.42. The third kappa shape index (κ3) is 6.43. The molecule has 0 aliphatic carbocycles. The maximum Gasteiger partial charge on any atom is 0.342 e. The Labute approximate surface area is 177 Å². The normalized spacial score (nSPS) is 11.0. The average molecular weight is 431 g/mol. The molecule has 0 aliphatic heterocycles. The number of ether oxygens (including phenoxy) is 2. The molecule has 0 atom stereocenters. The van der Waals surface area contributed by atoms with E-state index < -0.39 is 11.9 Å². The van der Waals surface area contributed by atoms with E-state index in [9.17, 15) is 14.4 Å². The van der Waals surface area contributed by atoms with Crippen LogP contribution in [-0.4, -0.2) is 48.9 Å². The van der Waals surface area contributed by atoms with Gasteiger partial charge in [0.05, 0.1) is 13.7 Å². The van der Waals surface area contributed by atoms with Crippen LogP contribution in [0.25, 0.3) is 0 Å². The third-order valence-electron chi connectivity index (χ3n) is 3.71. The Balaban J connectivity index is 2.11. The van der Waals surface area contributed by atoms with Gasteiger partial charge < -0.3 is 19.4 Å². The van der Waals surface area contributed by atoms with E-state index in [1.54, 1.807) is 42.5 Å². The molecule has 30 heavy (non-hydrogen) atoms. The molecule has 9 heteroatoms. The number of Topliss-reactive ketones (excluding diaryl/α,β-unsaturated/α-hetero) is 1. The van der Waals surface area contributed by atoms with Gasteiger partial charge in [0.2, 0.25) is 5.78 Å². The molecule has 0 saturated heterocycles. The lowest BCUT2D eigenvalue weighted by Gasteiger charge is -2.10. The van der Waals surface area contributed by atoms with Gasteiger partial charge in [0.25, 0.3) is 0 Å². The van der Waals surface area contributed by atoms with Crippen LogP contribution in [0, 0.1) is 0 Å². The van der Waals surface area contributed by atoms with Gasteiger partial charge in [0, 0.05) is 22.3 Å². The quantitative estimate of drug-likeness (QED) is 0.212. The van der Waals surface area contributed by atoms with Crippen molar-refractivity contribution in [3.05, 3.63) is 53.6 Å². The molecule has 1 N–H and O–H groups in total. The SMILES string of the molecule is COc1cc(Sc2ccc(C(=O)/C(C)=N/OC(C)=O)cc2)ccc1C(=O)OCCO. The first-order chi connectivity index (χ1) is 14.3. The number of oxime groups is 1. The van der Waals surface area contributed by atoms with Crippen LogP contribution < -0.4 is 4.74 Å². The molecule has 0 fully saturated rings. The second kappa shape index (κ2) is 11.1. The van der Waals surface area contributed by atoms with Gasteiger partial charge in [-0.2, -0.15) is 0 Å². The van der Waals surface area contributed by atoms with Gasteiger partial charge >= 0.3 is 11.9 Å². The molecule has 0 spiro atoms. The van der Waals surface area contributed by atoms with Crippen molar-refractivity contribution in [2.45, 2.75) is 23.6 Å². The second-order valence-electron chi connectivity index (χ2n) is 5.94. The summed E-state index contributed by atoms with van der Waals surface area (Å²) in [7, 11) is 1.45. The number of ketones is 1. The van der Waals surface area contributed by atoms with Crippen molar-refractivity contribution in [1.29, 1.82) is 0 Å². The monoisotopic (exact) mass is 431 g/mol. The van der Waals surface area contributed by atoms with Gasteiger partial charge in [-0.15, -0.1) is 0 Å². The van der Waals surface area contributed by atoms with Crippen molar-refractivity contribution in [2.24, 2.45) is 5.16 Å². The summed E-state index contributed by atoms with van der Waals surface area (Å²) in [6.45, 7) is 2.32. The molecule has 158 valence electrons. The maximum atomic E-state index is 12.3. The Morgan fingerprint density at radius 1 is 1.03 bits per heavy atom. The Bertz CT molecular complexity index is 954. The van der Waals surface area contributed by atoms with Gasteiger partial charge in [-0.3, -0.25) is 4.79 Å². The highest BCUT2D eigenvalue weighted by Crippen LogP contribution is 2.32. The van der Waals surface area contributed by atoms with E-state index in [1.807, 2.05) is 0 Å². The van der Waals surface area contributed by atoms with Gasteiger partial charge in [-0.1, -0.05) is 16.9 Å². The topological polar surface area (TPSA) is 111 Å². The van der Waals surface area contributed by atoms with Gasteiger partial charge in [-0.25, -0.2) is 9.59 Å². The molecule has 0 unspecified atom stereocenters. The third-order valence-corrected chi connectivity index (χ3v) is 4.71. The number of esters is 1. The van der Waals surface area contributed by atoms with Crippen molar-refractivity contribution >= 4 is 35.2 Å². The molecule has 0 aromatic heterocycles. The first-order valence-corrected chi connectivity index (χ1v) is 9.68. The first-order valence-electron chi connectivity index (χ1n) is 8.86. The van der Waals surface area contributed by atoms with Crippen LogP contribution in [0.3, 0.4) is 0 Å². The van der Waals surface area contributed by atoms with Crippen LogP contribution >= 0.6 is 11.8 Å². The van der Waals surface area contributed by atoms with E-state index >= 15 is 0 Å². The summed E-state index contributed by atoms with van der Waals surface area (Å²) in [5, 5.41) is 12.3. The van der Waals surface area contributed by atoms with Gasteiger partial charge in [0.15, 0.2) is 0 Å². The number of carbonyl (C=O) groups is 3. The predicted octanol–water partition coefficient (Wildman–Crippen LogP) is 3.12. The molecule has 0 aliphatic rings. The Morgan fingerprint density at radius 2 is 1.70 bits per heavy atom. The minimum Gasteiger partial charge on any atom is -0.496 e. The number of methoxy groups -OCH3 is 1. The molecule has 0 amide bonds. The van der Waals surface area contributed by atoms with Gasteiger partial charge in [0.1, 0.15) is 23.6 Å². The van der Waals surface area contributed by atoms with Crippen molar-refractivity contribution in [2.75, 3.05) is 20.3 Å². The largest absolute Gasteiger partial charge is 0.496 e. The van der Waals surface area contributed by atoms with E-state index in [2.05, 4.69) is 9.99 Å². The summed E-state index contributed by atoms with van der Waals surface area (Å²) < 4.78 is 10.2. The van der Waals surface area contributed by atoms with E-state index in [0.29, 0.717) is 11.3 Å². The van der Waals surface area contributed by atoms with E-state index in [0.717, 1.165) is 9.79 Å². The van der Waals surface area contributed by atoms with Gasteiger partial charge in [-0.05, 0) is 49.4 Å². The molecule has 8 nitrogen and oxygen atoms in total. The zero-order chi connectivity index (χ0) is 22.1. The van der Waals surface area contributed by atoms with Crippen LogP contribution in [0.2, 0.25) is 0 Å². The first kappa shape index (κ1) is 23.1. The standard InChI is InChI=1S/C21H21NO7S/c1-13(22-29-14(2)24)20(25)15-4-6-16(7-5-15)30-17-8-9-18(19(12-17)27-3)21(26)28-11-10-23/h4-9,12,23H,10-11H2,1-3H3/b22-13+. The zero-order valence-electron chi connectivity index (χ0n) is 16.7. The molecule has 0 bridgehead atoms. The van der Waals surface area contributed by atoms with E-state index in [1.165, 1.54) is 32.7 Å². The summed E-state index contributed by atoms with van der Waals surface area (Å²) in [6.07, 6.45) is 0.